The Morgan fingerprint density at radius 2 is 1.63 bits per heavy atom. The highest BCUT2D eigenvalue weighted by Crippen LogP contribution is 2.29. The summed E-state index contributed by atoms with van der Waals surface area (Å²) in [4.78, 5) is 0. The molecule has 0 saturated carbocycles. The maximum absolute atomic E-state index is 12.6. The number of rotatable bonds is 3. The van der Waals surface area contributed by atoms with Gasteiger partial charge in [0.05, 0.1) is 0 Å². The van der Waals surface area contributed by atoms with Crippen LogP contribution in [0.2, 0.25) is 0 Å². The first kappa shape index (κ1) is 15.9. The summed E-state index contributed by atoms with van der Waals surface area (Å²) in [6.45, 7) is 6.70. The molecule has 0 spiro atoms. The fourth-order valence-corrected chi connectivity index (χ4v) is 6.42. The third-order valence-corrected chi connectivity index (χ3v) is 7.46. The smallest absolute Gasteiger partial charge is 0.195 e. The van der Waals surface area contributed by atoms with Crippen molar-refractivity contribution in [1.29, 1.82) is 0 Å². The van der Waals surface area contributed by atoms with Crippen LogP contribution in [0.5, 0.6) is 0 Å². The Balaban J connectivity index is 2.02. The highest BCUT2D eigenvalue weighted by Gasteiger charge is 2.36. The predicted octanol–water partition coefficient (Wildman–Crippen LogP) is 2.01. The highest BCUT2D eigenvalue weighted by atomic mass is 35.5. The fraction of sp³-hybridized carbons (Fsp3) is 1.00. The first-order valence-corrected chi connectivity index (χ1v) is 9.77. The minimum absolute atomic E-state index is 0.374. The van der Waals surface area contributed by atoms with Crippen LogP contribution in [-0.2, 0) is 10.2 Å². The van der Waals surface area contributed by atoms with Gasteiger partial charge < -0.3 is 0 Å². The number of thioether (sulfide) groups is 1. The van der Waals surface area contributed by atoms with E-state index in [1.54, 1.807) is 8.61 Å². The van der Waals surface area contributed by atoms with E-state index in [0.29, 0.717) is 48.5 Å². The Morgan fingerprint density at radius 1 is 1.11 bits per heavy atom. The average molecular weight is 327 g/mol. The van der Waals surface area contributed by atoms with Crippen LogP contribution >= 0.6 is 23.4 Å². The van der Waals surface area contributed by atoms with Crippen LogP contribution in [0.15, 0.2) is 0 Å². The lowest BCUT2D eigenvalue weighted by molar-refractivity contribution is 0.264. The molecule has 2 fully saturated rings. The molecule has 0 bridgehead atoms. The molecular formula is C12H23ClN2O2S2. The van der Waals surface area contributed by atoms with Gasteiger partial charge in [-0.1, -0.05) is 13.8 Å². The van der Waals surface area contributed by atoms with Gasteiger partial charge in [0.15, 0.2) is 0 Å². The van der Waals surface area contributed by atoms with Crippen molar-refractivity contribution in [3.8, 4) is 0 Å². The molecule has 0 aromatic heterocycles. The Kier molecular flexibility index (Phi) is 5.45. The van der Waals surface area contributed by atoms with Crippen LogP contribution in [-0.4, -0.2) is 59.6 Å². The number of piperidine rings is 1. The maximum Gasteiger partial charge on any atom is 0.282 e. The quantitative estimate of drug-likeness (QED) is 0.745. The van der Waals surface area contributed by atoms with Gasteiger partial charge in [-0.05, 0) is 18.8 Å². The average Bonchev–Trinajstić information content (AvgIpc) is 2.37. The third-order valence-electron chi connectivity index (χ3n) is 3.83. The zero-order valence-corrected chi connectivity index (χ0v) is 14.0. The van der Waals surface area contributed by atoms with Gasteiger partial charge in [-0.3, -0.25) is 0 Å². The van der Waals surface area contributed by atoms with Crippen molar-refractivity contribution < 1.29 is 8.42 Å². The molecule has 0 aliphatic carbocycles. The van der Waals surface area contributed by atoms with Gasteiger partial charge in [0.2, 0.25) is 0 Å². The SMILES string of the molecule is CC1CN(S(=O)(=O)N2CCC(CCl)CC2)CC(C)S1. The largest absolute Gasteiger partial charge is 0.282 e. The van der Waals surface area contributed by atoms with E-state index in [-0.39, 0.29) is 0 Å². The lowest BCUT2D eigenvalue weighted by atomic mass is 10.0. The summed E-state index contributed by atoms with van der Waals surface area (Å²) >= 11 is 7.72. The molecule has 2 aliphatic rings. The van der Waals surface area contributed by atoms with Crippen molar-refractivity contribution in [2.24, 2.45) is 5.92 Å². The first-order chi connectivity index (χ1) is 8.93. The summed E-state index contributed by atoms with van der Waals surface area (Å²) in [7, 11) is -3.27. The summed E-state index contributed by atoms with van der Waals surface area (Å²) in [5.74, 6) is 1.12. The molecule has 2 atom stereocenters. The zero-order chi connectivity index (χ0) is 14.0. The minimum Gasteiger partial charge on any atom is -0.195 e. The van der Waals surface area contributed by atoms with E-state index in [1.807, 2.05) is 11.8 Å². The number of alkyl halides is 1. The van der Waals surface area contributed by atoms with E-state index in [2.05, 4.69) is 13.8 Å². The van der Waals surface area contributed by atoms with E-state index in [0.717, 1.165) is 12.8 Å². The van der Waals surface area contributed by atoms with Crippen molar-refractivity contribution in [2.75, 3.05) is 32.1 Å². The zero-order valence-electron chi connectivity index (χ0n) is 11.6. The van der Waals surface area contributed by atoms with Gasteiger partial charge in [-0.15, -0.1) is 11.6 Å². The maximum atomic E-state index is 12.6. The molecule has 2 aliphatic heterocycles. The number of hydrogen-bond acceptors (Lipinski definition) is 3. The number of hydrogen-bond donors (Lipinski definition) is 0. The Bertz CT molecular complexity index is 387. The van der Waals surface area contributed by atoms with Gasteiger partial charge in [0.1, 0.15) is 0 Å². The van der Waals surface area contributed by atoms with Crippen molar-refractivity contribution in [1.82, 2.24) is 8.61 Å². The normalized spacial score (nSPS) is 32.6. The highest BCUT2D eigenvalue weighted by molar-refractivity contribution is 8.00. The number of halogens is 1. The van der Waals surface area contributed by atoms with Gasteiger partial charge >= 0.3 is 0 Å². The Hall–Kier alpha value is 0.510. The van der Waals surface area contributed by atoms with Crippen LogP contribution in [0.3, 0.4) is 0 Å². The molecule has 0 radical (unpaired) electrons. The van der Waals surface area contributed by atoms with Crippen LogP contribution in [0.4, 0.5) is 0 Å². The molecule has 0 N–H and O–H groups in total. The van der Waals surface area contributed by atoms with E-state index < -0.39 is 10.2 Å². The molecule has 4 nitrogen and oxygen atoms in total. The lowest BCUT2D eigenvalue weighted by Crippen LogP contribution is -2.52. The van der Waals surface area contributed by atoms with E-state index in [4.69, 9.17) is 11.6 Å². The molecule has 0 aromatic carbocycles. The fourth-order valence-electron chi connectivity index (χ4n) is 2.78. The first-order valence-electron chi connectivity index (χ1n) is 6.90. The molecule has 2 unspecified atom stereocenters. The van der Waals surface area contributed by atoms with Crippen molar-refractivity contribution in [3.05, 3.63) is 0 Å². The van der Waals surface area contributed by atoms with Crippen molar-refractivity contribution in [2.45, 2.75) is 37.2 Å². The van der Waals surface area contributed by atoms with E-state index in [9.17, 15) is 8.42 Å². The standard InChI is InChI=1S/C12H23ClN2O2S2/c1-10-8-15(9-11(2)18-10)19(16,17)14-5-3-12(7-13)4-6-14/h10-12H,3-9H2,1-2H3. The van der Waals surface area contributed by atoms with E-state index in [1.165, 1.54) is 0 Å². The molecule has 2 rings (SSSR count). The van der Waals surface area contributed by atoms with Crippen LogP contribution in [0.1, 0.15) is 26.7 Å². The molecule has 112 valence electrons. The molecule has 0 aromatic rings. The molecule has 0 amide bonds. The monoisotopic (exact) mass is 326 g/mol. The summed E-state index contributed by atoms with van der Waals surface area (Å²) < 4.78 is 28.6. The predicted molar refractivity (Wildman–Crippen MR) is 82.0 cm³/mol. The summed E-state index contributed by atoms with van der Waals surface area (Å²) in [6, 6.07) is 0. The second-order valence-electron chi connectivity index (χ2n) is 5.58. The Morgan fingerprint density at radius 3 is 2.11 bits per heavy atom. The molecule has 2 saturated heterocycles. The second-order valence-corrected chi connectivity index (χ2v) is 9.70. The molecule has 19 heavy (non-hydrogen) atoms. The van der Waals surface area contributed by atoms with Crippen LogP contribution in [0, 0.1) is 5.92 Å². The van der Waals surface area contributed by atoms with Gasteiger partial charge in [-0.25, -0.2) is 0 Å². The molecular weight excluding hydrogens is 304 g/mol. The third kappa shape index (κ3) is 3.79. The number of nitrogens with zero attached hydrogens (tertiary/aromatic N) is 2. The van der Waals surface area contributed by atoms with E-state index >= 15 is 0 Å². The topological polar surface area (TPSA) is 40.6 Å². The molecule has 2 heterocycles. The summed E-state index contributed by atoms with van der Waals surface area (Å²) in [5.41, 5.74) is 0. The lowest BCUT2D eigenvalue weighted by Gasteiger charge is -2.39. The second kappa shape index (κ2) is 6.52. The Labute approximate surface area is 126 Å². The minimum atomic E-state index is -3.27. The van der Waals surface area contributed by atoms with Gasteiger partial charge in [0, 0.05) is 42.6 Å². The van der Waals surface area contributed by atoms with Crippen LogP contribution < -0.4 is 0 Å². The van der Waals surface area contributed by atoms with Crippen molar-refractivity contribution >= 4 is 33.6 Å². The van der Waals surface area contributed by atoms with Crippen molar-refractivity contribution in [3.63, 3.8) is 0 Å². The summed E-state index contributed by atoms with van der Waals surface area (Å²) in [6.07, 6.45) is 1.77. The van der Waals surface area contributed by atoms with Gasteiger partial charge in [0.25, 0.3) is 10.2 Å². The van der Waals surface area contributed by atoms with Gasteiger partial charge in [-0.2, -0.15) is 28.8 Å². The molecule has 7 heteroatoms. The summed E-state index contributed by atoms with van der Waals surface area (Å²) in [5, 5.41) is 0.748. The van der Waals surface area contributed by atoms with Crippen LogP contribution in [0.25, 0.3) is 0 Å².